The molecule has 0 heterocycles. The highest BCUT2D eigenvalue weighted by molar-refractivity contribution is 6.43. The van der Waals surface area contributed by atoms with Crippen LogP contribution in [0, 0.1) is 0 Å². The highest BCUT2D eigenvalue weighted by Gasteiger charge is 2.48. The van der Waals surface area contributed by atoms with E-state index in [1.165, 1.54) is 5.56 Å². The fraction of sp³-hybridized carbons (Fsp3) is 0.600. The Bertz CT molecular complexity index is 732. The number of alkyl halides is 1. The number of guanidine groups is 1. The molecule has 0 spiro atoms. The quantitative estimate of drug-likeness (QED) is 0.134. The van der Waals surface area contributed by atoms with Crippen LogP contribution in [0.25, 0.3) is 0 Å². The molecule has 7 N–H and O–H groups in total. The molecule has 4 rings (SSSR count). The average Bonchev–Trinajstić information content (AvgIpc) is 2.70. The van der Waals surface area contributed by atoms with E-state index in [1.54, 1.807) is 0 Å². The first-order valence-electron chi connectivity index (χ1n) is 10.2. The predicted molar refractivity (Wildman–Crippen MR) is 123 cm³/mol. The Morgan fingerprint density at radius 2 is 1.70 bits per heavy atom. The zero-order valence-corrected chi connectivity index (χ0v) is 18.6. The fourth-order valence-corrected chi connectivity index (χ4v) is 4.90. The number of nitrogens with two attached hydrogens (primary N) is 2. The van der Waals surface area contributed by atoms with Gasteiger partial charge in [0.15, 0.2) is 5.96 Å². The minimum Gasteiger partial charge on any atom is -0.426 e. The third kappa shape index (κ3) is 5.81. The number of halogens is 2. The van der Waals surface area contributed by atoms with Crippen LogP contribution in [-0.4, -0.2) is 46.4 Å². The molecule has 3 saturated carbocycles. The minimum absolute atomic E-state index is 0. The van der Waals surface area contributed by atoms with Gasteiger partial charge in [0.2, 0.25) is 0 Å². The van der Waals surface area contributed by atoms with Gasteiger partial charge in [-0.05, 0) is 74.5 Å². The van der Waals surface area contributed by atoms with Gasteiger partial charge in [-0.1, -0.05) is 12.1 Å². The topological polar surface area (TPSA) is 134 Å². The van der Waals surface area contributed by atoms with Crippen molar-refractivity contribution in [1.29, 1.82) is 0 Å². The first kappa shape index (κ1) is 24.8. The zero-order valence-electron chi connectivity index (χ0n) is 17.0. The summed E-state index contributed by atoms with van der Waals surface area (Å²) in [6.07, 6.45) is 7.29. The van der Waals surface area contributed by atoms with E-state index in [1.807, 2.05) is 24.3 Å². The Hall–Kier alpha value is -1.48. The molecule has 166 valence electrons. The van der Waals surface area contributed by atoms with Gasteiger partial charge in [-0.15, -0.1) is 24.0 Å². The molecular formula is C20H31BCl2N4O3. The maximum Gasteiger partial charge on any atom is 0.475 e. The van der Waals surface area contributed by atoms with Crippen LogP contribution in [-0.2, 0) is 5.41 Å². The van der Waals surface area contributed by atoms with Gasteiger partial charge in [-0.2, -0.15) is 0 Å². The van der Waals surface area contributed by atoms with Crippen LogP contribution in [0.5, 0.6) is 0 Å². The lowest BCUT2D eigenvalue weighted by Crippen LogP contribution is -2.46. The molecule has 3 aliphatic carbocycles. The Kier molecular flexibility index (Phi) is 8.45. The molecule has 0 unspecified atom stereocenters. The summed E-state index contributed by atoms with van der Waals surface area (Å²) in [6, 6.07) is 7.70. The molecule has 1 atom stereocenters. The number of nitrogens with zero attached hydrogens (tertiary/aromatic N) is 1. The van der Waals surface area contributed by atoms with Crippen molar-refractivity contribution < 1.29 is 14.8 Å². The van der Waals surface area contributed by atoms with E-state index < -0.39 is 13.1 Å². The highest BCUT2D eigenvalue weighted by atomic mass is 35.5. The molecule has 1 amide bonds. The number of hydrogen-bond acceptors (Lipinski definition) is 4. The van der Waals surface area contributed by atoms with Crippen molar-refractivity contribution >= 4 is 43.0 Å². The monoisotopic (exact) mass is 456 g/mol. The Morgan fingerprint density at radius 3 is 2.20 bits per heavy atom. The van der Waals surface area contributed by atoms with E-state index in [9.17, 15) is 14.8 Å². The van der Waals surface area contributed by atoms with Crippen molar-refractivity contribution in [3.05, 3.63) is 35.4 Å². The SMILES string of the molecule is Cl.NC(N)=NCCC[C@H](NC(=O)c1ccc(C23CCC(Cl)(CC2)CC3)cc1)B(O)O. The number of fused-ring (bicyclic) bond motifs is 3. The molecule has 0 aliphatic heterocycles. The lowest BCUT2D eigenvalue weighted by molar-refractivity contribution is 0.0940. The van der Waals surface area contributed by atoms with Gasteiger partial charge in [0.25, 0.3) is 5.91 Å². The van der Waals surface area contributed by atoms with Gasteiger partial charge in [0, 0.05) is 17.0 Å². The number of nitrogens with one attached hydrogen (secondary N) is 1. The van der Waals surface area contributed by atoms with Crippen LogP contribution >= 0.6 is 24.0 Å². The normalized spacial score (nSPS) is 25.7. The van der Waals surface area contributed by atoms with Crippen molar-refractivity contribution in [3.63, 3.8) is 0 Å². The molecule has 1 aromatic rings. The maximum atomic E-state index is 12.6. The molecule has 3 fully saturated rings. The van der Waals surface area contributed by atoms with E-state index in [2.05, 4.69) is 10.3 Å². The van der Waals surface area contributed by atoms with Crippen molar-refractivity contribution in [1.82, 2.24) is 5.32 Å². The molecule has 0 saturated heterocycles. The summed E-state index contributed by atoms with van der Waals surface area (Å²) in [5.41, 5.74) is 12.5. The largest absolute Gasteiger partial charge is 0.475 e. The smallest absolute Gasteiger partial charge is 0.426 e. The molecule has 7 nitrogen and oxygen atoms in total. The number of carbonyl (C=O) groups is 1. The summed E-state index contributed by atoms with van der Waals surface area (Å²) < 4.78 is 0. The van der Waals surface area contributed by atoms with Gasteiger partial charge in [-0.25, -0.2) is 0 Å². The first-order chi connectivity index (χ1) is 13.7. The standard InChI is InChI=1S/C20H30BClN4O3.ClH/c22-20-10-7-19(8-11-20,9-12-20)15-5-3-14(4-6-15)17(27)26-16(21(28)29)2-1-13-25-18(23)24;/h3-6,16,28-29H,1-2,7-13H2,(H,26,27)(H4,23,24,25);1H/t16-,19?,20?;/m0./s1. The number of amides is 1. The van der Waals surface area contributed by atoms with Crippen LogP contribution in [0.4, 0.5) is 0 Å². The molecule has 30 heavy (non-hydrogen) atoms. The van der Waals surface area contributed by atoms with Crippen LogP contribution in [0.1, 0.15) is 67.3 Å². The number of benzene rings is 1. The van der Waals surface area contributed by atoms with Crippen LogP contribution < -0.4 is 16.8 Å². The second kappa shape index (κ2) is 10.2. The minimum atomic E-state index is -1.66. The van der Waals surface area contributed by atoms with E-state index in [0.29, 0.717) is 24.9 Å². The first-order valence-corrected chi connectivity index (χ1v) is 10.6. The molecule has 0 aromatic heterocycles. The summed E-state index contributed by atoms with van der Waals surface area (Å²) in [7, 11) is -1.66. The molecular weight excluding hydrogens is 426 g/mol. The van der Waals surface area contributed by atoms with E-state index in [-0.39, 0.29) is 34.6 Å². The predicted octanol–water partition coefficient (Wildman–Crippen LogP) is 1.86. The molecule has 2 bridgehead atoms. The summed E-state index contributed by atoms with van der Waals surface area (Å²) in [5, 5.41) is 21.8. The zero-order chi connectivity index (χ0) is 21.1. The van der Waals surface area contributed by atoms with E-state index in [0.717, 1.165) is 38.5 Å². The van der Waals surface area contributed by atoms with Gasteiger partial charge < -0.3 is 26.8 Å². The second-order valence-corrected chi connectivity index (χ2v) is 9.25. The van der Waals surface area contributed by atoms with Crippen LogP contribution in [0.3, 0.4) is 0 Å². The van der Waals surface area contributed by atoms with Gasteiger partial charge in [-0.3, -0.25) is 9.79 Å². The third-order valence-electron chi connectivity index (χ3n) is 6.56. The number of carbonyl (C=O) groups excluding carboxylic acids is 1. The molecule has 0 radical (unpaired) electrons. The molecule has 10 heteroatoms. The third-order valence-corrected chi connectivity index (χ3v) is 7.13. The summed E-state index contributed by atoms with van der Waals surface area (Å²) in [6.45, 7) is 0.363. The summed E-state index contributed by atoms with van der Waals surface area (Å²) in [5.74, 6) is -1.13. The lowest BCUT2D eigenvalue weighted by Gasteiger charge is -2.51. The van der Waals surface area contributed by atoms with E-state index in [4.69, 9.17) is 23.1 Å². The summed E-state index contributed by atoms with van der Waals surface area (Å²) >= 11 is 6.64. The Morgan fingerprint density at radius 1 is 1.13 bits per heavy atom. The molecule has 3 aliphatic rings. The van der Waals surface area contributed by atoms with Crippen molar-refractivity contribution in [2.75, 3.05) is 6.54 Å². The number of aliphatic imine (C=N–C) groups is 1. The van der Waals surface area contributed by atoms with E-state index >= 15 is 0 Å². The van der Waals surface area contributed by atoms with Gasteiger partial charge in [0.05, 0.1) is 5.94 Å². The number of hydrogen-bond donors (Lipinski definition) is 5. The van der Waals surface area contributed by atoms with Crippen molar-refractivity contribution in [2.45, 2.75) is 67.6 Å². The molecule has 1 aromatic carbocycles. The lowest BCUT2D eigenvalue weighted by atomic mass is 9.57. The Labute approximate surface area is 189 Å². The van der Waals surface area contributed by atoms with Crippen molar-refractivity contribution in [2.24, 2.45) is 16.5 Å². The maximum absolute atomic E-state index is 12.6. The van der Waals surface area contributed by atoms with Crippen LogP contribution in [0.2, 0.25) is 0 Å². The Balaban J connectivity index is 0.00000320. The fourth-order valence-electron chi connectivity index (χ4n) is 4.61. The second-order valence-electron chi connectivity index (χ2n) is 8.45. The average molecular weight is 457 g/mol. The van der Waals surface area contributed by atoms with Crippen LogP contribution in [0.15, 0.2) is 29.3 Å². The van der Waals surface area contributed by atoms with Gasteiger partial charge in [0.1, 0.15) is 0 Å². The number of rotatable bonds is 8. The van der Waals surface area contributed by atoms with Crippen molar-refractivity contribution in [3.8, 4) is 0 Å². The highest BCUT2D eigenvalue weighted by Crippen LogP contribution is 2.56. The van der Waals surface area contributed by atoms with Gasteiger partial charge >= 0.3 is 7.12 Å². The summed E-state index contributed by atoms with van der Waals surface area (Å²) in [4.78, 5) is 16.4.